The maximum Gasteiger partial charge on any atom is 0.225 e. The summed E-state index contributed by atoms with van der Waals surface area (Å²) < 4.78 is 2.21. The third kappa shape index (κ3) is 4.07. The first-order chi connectivity index (χ1) is 14.7. The van der Waals surface area contributed by atoms with Gasteiger partial charge in [0.1, 0.15) is 5.82 Å². The minimum absolute atomic E-state index is 0.00159. The Balaban J connectivity index is 1.29. The number of likely N-dealkylation sites (tertiary alicyclic amines) is 1. The molecule has 156 valence electrons. The zero-order valence-corrected chi connectivity index (χ0v) is 18.1. The zero-order valence-electron chi connectivity index (χ0n) is 17.3. The number of thiophene rings is 1. The van der Waals surface area contributed by atoms with Gasteiger partial charge < -0.3 is 9.88 Å². The molecule has 0 bridgehead atoms. The van der Waals surface area contributed by atoms with Crippen molar-refractivity contribution in [1.29, 1.82) is 0 Å². The smallest absolute Gasteiger partial charge is 0.225 e. The number of imidazole rings is 1. The SMILES string of the molecule is Cc1cn2c(n1)CCC(NC(=O)[C@@H]1CN(Cc3ccccc3)C[C@H]1c1cccs1)C2. The molecule has 2 aromatic heterocycles. The number of hydrogen-bond acceptors (Lipinski definition) is 4. The number of amides is 1. The maximum absolute atomic E-state index is 13.4. The quantitative estimate of drug-likeness (QED) is 0.686. The van der Waals surface area contributed by atoms with Crippen LogP contribution < -0.4 is 5.32 Å². The molecule has 2 aliphatic heterocycles. The molecule has 4 heterocycles. The molecule has 1 amide bonds. The normalized spacial score (nSPS) is 24.0. The molecule has 2 aliphatic rings. The van der Waals surface area contributed by atoms with E-state index in [0.29, 0.717) is 0 Å². The van der Waals surface area contributed by atoms with Crippen LogP contribution in [0.15, 0.2) is 54.0 Å². The fourth-order valence-electron chi connectivity index (χ4n) is 4.92. The van der Waals surface area contributed by atoms with Gasteiger partial charge >= 0.3 is 0 Å². The number of aryl methyl sites for hydroxylation is 2. The van der Waals surface area contributed by atoms with Gasteiger partial charge in [-0.15, -0.1) is 11.3 Å². The molecule has 0 saturated carbocycles. The molecule has 3 atom stereocenters. The lowest BCUT2D eigenvalue weighted by Gasteiger charge is -2.27. The maximum atomic E-state index is 13.4. The van der Waals surface area contributed by atoms with Gasteiger partial charge in [-0.05, 0) is 30.4 Å². The summed E-state index contributed by atoms with van der Waals surface area (Å²) in [5, 5.41) is 5.50. The van der Waals surface area contributed by atoms with Gasteiger partial charge in [0.2, 0.25) is 5.91 Å². The van der Waals surface area contributed by atoms with Crippen LogP contribution in [0.5, 0.6) is 0 Å². The largest absolute Gasteiger partial charge is 0.351 e. The highest BCUT2D eigenvalue weighted by Crippen LogP contribution is 2.36. The van der Waals surface area contributed by atoms with E-state index in [1.54, 1.807) is 11.3 Å². The molecule has 3 aromatic rings. The van der Waals surface area contributed by atoms with Crippen molar-refractivity contribution in [3.05, 3.63) is 76.0 Å². The highest BCUT2D eigenvalue weighted by molar-refractivity contribution is 7.10. The van der Waals surface area contributed by atoms with Gasteiger partial charge in [0.15, 0.2) is 0 Å². The number of hydrogen-bond donors (Lipinski definition) is 1. The van der Waals surface area contributed by atoms with E-state index in [4.69, 9.17) is 0 Å². The minimum atomic E-state index is -0.00159. The second-order valence-corrected chi connectivity index (χ2v) is 9.58. The summed E-state index contributed by atoms with van der Waals surface area (Å²) in [6.07, 6.45) is 3.99. The van der Waals surface area contributed by atoms with Gasteiger partial charge in [-0.3, -0.25) is 9.69 Å². The van der Waals surface area contributed by atoms with Crippen molar-refractivity contribution in [1.82, 2.24) is 19.8 Å². The van der Waals surface area contributed by atoms with Crippen LogP contribution >= 0.6 is 11.3 Å². The van der Waals surface area contributed by atoms with E-state index in [1.807, 2.05) is 6.92 Å². The summed E-state index contributed by atoms with van der Waals surface area (Å²) in [6, 6.07) is 15.0. The van der Waals surface area contributed by atoms with Crippen LogP contribution in [-0.2, 0) is 24.3 Å². The van der Waals surface area contributed by atoms with Gasteiger partial charge in [-0.1, -0.05) is 36.4 Å². The van der Waals surface area contributed by atoms with Crippen molar-refractivity contribution < 1.29 is 4.79 Å². The Morgan fingerprint density at radius 3 is 2.83 bits per heavy atom. The molecule has 0 spiro atoms. The molecule has 1 saturated heterocycles. The molecule has 30 heavy (non-hydrogen) atoms. The van der Waals surface area contributed by atoms with E-state index in [9.17, 15) is 4.79 Å². The van der Waals surface area contributed by atoms with E-state index in [0.717, 1.165) is 50.5 Å². The van der Waals surface area contributed by atoms with E-state index >= 15 is 0 Å². The number of nitrogens with one attached hydrogen (secondary N) is 1. The van der Waals surface area contributed by atoms with E-state index < -0.39 is 0 Å². The molecule has 5 rings (SSSR count). The van der Waals surface area contributed by atoms with Crippen molar-refractivity contribution >= 4 is 17.2 Å². The van der Waals surface area contributed by atoms with Crippen molar-refractivity contribution in [2.24, 2.45) is 5.92 Å². The van der Waals surface area contributed by atoms with Gasteiger partial charge in [0.25, 0.3) is 0 Å². The summed E-state index contributed by atoms with van der Waals surface area (Å²) in [4.78, 5) is 21.7. The Bertz CT molecular complexity index is 998. The third-order valence-electron chi connectivity index (χ3n) is 6.35. The first kappa shape index (κ1) is 19.5. The number of fused-ring (bicyclic) bond motifs is 1. The summed E-state index contributed by atoms with van der Waals surface area (Å²) in [5.41, 5.74) is 2.36. The van der Waals surface area contributed by atoms with Crippen LogP contribution in [0, 0.1) is 12.8 Å². The minimum Gasteiger partial charge on any atom is -0.351 e. The summed E-state index contributed by atoms with van der Waals surface area (Å²) >= 11 is 1.77. The molecule has 0 aliphatic carbocycles. The zero-order chi connectivity index (χ0) is 20.5. The van der Waals surface area contributed by atoms with Gasteiger partial charge in [0, 0.05) is 55.6 Å². The summed E-state index contributed by atoms with van der Waals surface area (Å²) in [5.74, 6) is 1.61. The lowest BCUT2D eigenvalue weighted by Crippen LogP contribution is -2.45. The number of benzene rings is 1. The lowest BCUT2D eigenvalue weighted by molar-refractivity contribution is -0.126. The average molecular weight is 421 g/mol. The van der Waals surface area contributed by atoms with Gasteiger partial charge in [-0.25, -0.2) is 4.98 Å². The Hall–Kier alpha value is -2.44. The molecule has 1 unspecified atom stereocenters. The predicted molar refractivity (Wildman–Crippen MR) is 119 cm³/mol. The van der Waals surface area contributed by atoms with E-state index in [-0.39, 0.29) is 23.8 Å². The van der Waals surface area contributed by atoms with Crippen molar-refractivity contribution in [3.63, 3.8) is 0 Å². The summed E-state index contributed by atoms with van der Waals surface area (Å²) in [7, 11) is 0. The Morgan fingerprint density at radius 2 is 2.03 bits per heavy atom. The molecule has 0 radical (unpaired) electrons. The predicted octanol–water partition coefficient (Wildman–Crippen LogP) is 3.60. The van der Waals surface area contributed by atoms with Crippen molar-refractivity contribution in [2.45, 2.75) is 44.8 Å². The van der Waals surface area contributed by atoms with Crippen LogP contribution in [-0.4, -0.2) is 39.5 Å². The highest BCUT2D eigenvalue weighted by atomic mass is 32.1. The Kier molecular flexibility index (Phi) is 5.44. The van der Waals surface area contributed by atoms with Crippen LogP contribution in [0.2, 0.25) is 0 Å². The fraction of sp³-hybridized carbons (Fsp3) is 0.417. The third-order valence-corrected chi connectivity index (χ3v) is 7.35. The van der Waals surface area contributed by atoms with Crippen LogP contribution in [0.1, 0.15) is 34.3 Å². The fourth-order valence-corrected chi connectivity index (χ4v) is 5.81. The first-order valence-electron chi connectivity index (χ1n) is 10.8. The lowest BCUT2D eigenvalue weighted by atomic mass is 9.93. The molecule has 6 heteroatoms. The number of carbonyl (C=O) groups excluding carboxylic acids is 1. The monoisotopic (exact) mass is 420 g/mol. The molecule has 1 N–H and O–H groups in total. The molecule has 5 nitrogen and oxygen atoms in total. The number of aromatic nitrogens is 2. The second kappa shape index (κ2) is 8.36. The van der Waals surface area contributed by atoms with Gasteiger partial charge in [-0.2, -0.15) is 0 Å². The Labute approximate surface area is 181 Å². The van der Waals surface area contributed by atoms with Crippen LogP contribution in [0.3, 0.4) is 0 Å². The van der Waals surface area contributed by atoms with E-state index in [1.165, 1.54) is 10.4 Å². The second-order valence-electron chi connectivity index (χ2n) is 8.60. The highest BCUT2D eigenvalue weighted by Gasteiger charge is 2.39. The summed E-state index contributed by atoms with van der Waals surface area (Å²) in [6.45, 7) is 5.50. The van der Waals surface area contributed by atoms with Crippen LogP contribution in [0.25, 0.3) is 0 Å². The molecular weight excluding hydrogens is 392 g/mol. The first-order valence-corrected chi connectivity index (χ1v) is 11.7. The topological polar surface area (TPSA) is 50.2 Å². The number of carbonyl (C=O) groups is 1. The van der Waals surface area contributed by atoms with Crippen molar-refractivity contribution in [3.8, 4) is 0 Å². The van der Waals surface area contributed by atoms with E-state index in [2.05, 4.69) is 73.8 Å². The number of nitrogens with zero attached hydrogens (tertiary/aromatic N) is 3. The van der Waals surface area contributed by atoms with Crippen molar-refractivity contribution in [2.75, 3.05) is 13.1 Å². The average Bonchev–Trinajstić information content (AvgIpc) is 3.47. The molecular formula is C24H28N4OS. The molecule has 1 aromatic carbocycles. The Morgan fingerprint density at radius 1 is 1.17 bits per heavy atom. The number of rotatable bonds is 5. The van der Waals surface area contributed by atoms with Crippen LogP contribution in [0.4, 0.5) is 0 Å². The van der Waals surface area contributed by atoms with Gasteiger partial charge in [0.05, 0.1) is 11.6 Å². The molecule has 1 fully saturated rings. The standard InChI is InChI=1S/C24H28N4OS/c1-17-12-28-14-19(9-10-23(28)25-17)26-24(29)21-16-27(13-18-6-3-2-4-7-18)15-20(21)22-8-5-11-30-22/h2-8,11-12,19-21H,9-10,13-16H2,1H3,(H,26,29)/t19?,20-,21-/m1/s1.